The van der Waals surface area contributed by atoms with Crippen LogP contribution in [-0.2, 0) is 16.1 Å². The van der Waals surface area contributed by atoms with Crippen molar-refractivity contribution in [3.8, 4) is 11.5 Å². The fourth-order valence-electron chi connectivity index (χ4n) is 3.01. The molecule has 29 heavy (non-hydrogen) atoms. The van der Waals surface area contributed by atoms with E-state index in [1.165, 1.54) is 6.92 Å². The number of aromatic nitrogens is 3. The highest BCUT2D eigenvalue weighted by Gasteiger charge is 2.23. The van der Waals surface area contributed by atoms with E-state index in [2.05, 4.69) is 10.1 Å². The van der Waals surface area contributed by atoms with Crippen molar-refractivity contribution in [3.63, 3.8) is 0 Å². The molecule has 1 atom stereocenters. The Balaban J connectivity index is 1.45. The lowest BCUT2D eigenvalue weighted by Gasteiger charge is -2.11. The van der Waals surface area contributed by atoms with Gasteiger partial charge in [0.2, 0.25) is 11.7 Å². The van der Waals surface area contributed by atoms with Crippen LogP contribution in [0, 0.1) is 0 Å². The number of hydrogen-bond donors (Lipinski definition) is 1. The van der Waals surface area contributed by atoms with Crippen LogP contribution in [0.5, 0.6) is 0 Å². The molecule has 0 amide bonds. The van der Waals surface area contributed by atoms with E-state index in [-0.39, 0.29) is 11.7 Å². The fraction of sp³-hybridized carbons (Fsp3) is 0.143. The van der Waals surface area contributed by atoms with Crippen LogP contribution in [0.2, 0.25) is 0 Å². The largest absolute Gasteiger partial charge is 0.453 e. The summed E-state index contributed by atoms with van der Waals surface area (Å²) >= 11 is 0. The Morgan fingerprint density at radius 1 is 1.14 bits per heavy atom. The predicted molar refractivity (Wildman–Crippen MR) is 104 cm³/mol. The van der Waals surface area contributed by atoms with E-state index in [1.54, 1.807) is 30.5 Å². The van der Waals surface area contributed by atoms with Crippen molar-refractivity contribution < 1.29 is 18.7 Å². The van der Waals surface area contributed by atoms with Gasteiger partial charge in [-0.05, 0) is 25.1 Å². The number of Topliss-reactive ketones (excluding diaryl/α,β-unsaturated/α-hetero) is 1. The number of nitrogens with zero attached hydrogens (tertiary/aromatic N) is 2. The molecular weight excluding hydrogens is 374 g/mol. The average Bonchev–Trinajstić information content (AvgIpc) is 3.32. The number of para-hydroxylation sites is 1. The standard InChI is InChI=1S/C21H17N3O5/c1-13(19(26)16-11-22-17-10-6-5-9-15(16)17)28-18(25)12-24-21(27)29-20(23-24)14-7-3-2-4-8-14/h2-11,13,22H,12H2,1H3/t13-/m1/s1. The number of esters is 1. The number of carbonyl (C=O) groups excluding carboxylic acids is 2. The van der Waals surface area contributed by atoms with E-state index in [9.17, 15) is 14.4 Å². The minimum absolute atomic E-state index is 0.103. The Labute approximate surface area is 164 Å². The normalized spacial score (nSPS) is 12.0. The van der Waals surface area contributed by atoms with Crippen molar-refractivity contribution in [2.24, 2.45) is 0 Å². The molecule has 0 aliphatic rings. The zero-order valence-corrected chi connectivity index (χ0v) is 15.5. The molecule has 1 N–H and O–H groups in total. The molecule has 0 spiro atoms. The van der Waals surface area contributed by atoms with Gasteiger partial charge < -0.3 is 14.1 Å². The zero-order chi connectivity index (χ0) is 20.4. The van der Waals surface area contributed by atoms with Crippen molar-refractivity contribution in [1.82, 2.24) is 14.8 Å². The molecule has 2 heterocycles. The summed E-state index contributed by atoms with van der Waals surface area (Å²) in [4.78, 5) is 39.9. The van der Waals surface area contributed by atoms with E-state index >= 15 is 0 Å². The number of hydrogen-bond acceptors (Lipinski definition) is 6. The highest BCUT2D eigenvalue weighted by Crippen LogP contribution is 2.20. The lowest BCUT2D eigenvalue weighted by atomic mass is 10.1. The van der Waals surface area contributed by atoms with Crippen molar-refractivity contribution >= 4 is 22.7 Å². The Morgan fingerprint density at radius 2 is 1.86 bits per heavy atom. The molecule has 8 nitrogen and oxygen atoms in total. The molecule has 2 aromatic heterocycles. The summed E-state index contributed by atoms with van der Waals surface area (Å²) < 4.78 is 11.2. The summed E-state index contributed by atoms with van der Waals surface area (Å²) in [5, 5.41) is 4.76. The molecular formula is C21H17N3O5. The van der Waals surface area contributed by atoms with E-state index in [4.69, 9.17) is 9.15 Å². The van der Waals surface area contributed by atoms with Crippen LogP contribution in [-0.4, -0.2) is 32.6 Å². The SMILES string of the molecule is C[C@@H](OC(=O)Cn1nc(-c2ccccc2)oc1=O)C(=O)c1c[nH]c2ccccc12. The minimum Gasteiger partial charge on any atom is -0.453 e. The maximum Gasteiger partial charge on any atom is 0.437 e. The van der Waals surface area contributed by atoms with Gasteiger partial charge in [-0.15, -0.1) is 5.10 Å². The molecule has 146 valence electrons. The summed E-state index contributed by atoms with van der Waals surface area (Å²) in [5.41, 5.74) is 1.86. The molecule has 0 aliphatic heterocycles. The number of aromatic amines is 1. The van der Waals surface area contributed by atoms with E-state index < -0.39 is 24.4 Å². The minimum atomic E-state index is -1.02. The van der Waals surface area contributed by atoms with Gasteiger partial charge in [0, 0.05) is 28.2 Å². The molecule has 0 radical (unpaired) electrons. The van der Waals surface area contributed by atoms with Crippen molar-refractivity contribution in [1.29, 1.82) is 0 Å². The number of benzene rings is 2. The van der Waals surface area contributed by atoms with Gasteiger partial charge in [0.1, 0.15) is 6.54 Å². The number of H-pyrrole nitrogens is 1. The average molecular weight is 391 g/mol. The second kappa shape index (κ2) is 7.59. The van der Waals surface area contributed by atoms with E-state index in [0.717, 1.165) is 15.6 Å². The summed E-state index contributed by atoms with van der Waals surface area (Å²) in [6.45, 7) is 1.03. The van der Waals surface area contributed by atoms with Crippen LogP contribution >= 0.6 is 0 Å². The van der Waals surface area contributed by atoms with E-state index in [1.807, 2.05) is 30.3 Å². The first-order valence-electron chi connectivity index (χ1n) is 8.96. The summed E-state index contributed by atoms with van der Waals surface area (Å²) in [6, 6.07) is 16.2. The quantitative estimate of drug-likeness (QED) is 0.400. The van der Waals surface area contributed by atoms with Gasteiger partial charge >= 0.3 is 11.7 Å². The summed E-state index contributed by atoms with van der Waals surface area (Å²) in [6.07, 6.45) is 0.573. The number of ether oxygens (including phenoxy) is 1. The highest BCUT2D eigenvalue weighted by molar-refractivity contribution is 6.10. The smallest absolute Gasteiger partial charge is 0.437 e. The monoisotopic (exact) mass is 391 g/mol. The van der Waals surface area contributed by atoms with Gasteiger partial charge in [-0.3, -0.25) is 9.59 Å². The first-order valence-corrected chi connectivity index (χ1v) is 8.96. The second-order valence-corrected chi connectivity index (χ2v) is 6.44. The Kier molecular flexibility index (Phi) is 4.82. The van der Waals surface area contributed by atoms with Crippen LogP contribution in [0.1, 0.15) is 17.3 Å². The van der Waals surface area contributed by atoms with Crippen LogP contribution in [0.4, 0.5) is 0 Å². The number of ketones is 1. The van der Waals surface area contributed by atoms with Crippen LogP contribution < -0.4 is 5.76 Å². The zero-order valence-electron chi connectivity index (χ0n) is 15.5. The number of nitrogens with one attached hydrogen (secondary N) is 1. The number of carbonyl (C=O) groups is 2. The first-order chi connectivity index (χ1) is 14.0. The van der Waals surface area contributed by atoms with Crippen LogP contribution in [0.25, 0.3) is 22.4 Å². The topological polar surface area (TPSA) is 107 Å². The first kappa shape index (κ1) is 18.4. The Hall–Kier alpha value is -3.94. The predicted octanol–water partition coefficient (Wildman–Crippen LogP) is 2.80. The molecule has 0 bridgehead atoms. The molecule has 0 saturated heterocycles. The number of fused-ring (bicyclic) bond motifs is 1. The molecule has 8 heteroatoms. The fourth-order valence-corrected chi connectivity index (χ4v) is 3.01. The second-order valence-electron chi connectivity index (χ2n) is 6.44. The molecule has 0 fully saturated rings. The summed E-state index contributed by atoms with van der Waals surface area (Å²) in [7, 11) is 0. The van der Waals surface area contributed by atoms with Crippen molar-refractivity contribution in [2.75, 3.05) is 0 Å². The molecule has 4 rings (SSSR count). The Morgan fingerprint density at radius 3 is 2.66 bits per heavy atom. The maximum atomic E-state index is 12.7. The van der Waals surface area contributed by atoms with Crippen LogP contribution in [0.15, 0.2) is 70.0 Å². The lowest BCUT2D eigenvalue weighted by molar-refractivity contribution is -0.147. The highest BCUT2D eigenvalue weighted by atomic mass is 16.5. The summed E-state index contributed by atoms with van der Waals surface area (Å²) in [5.74, 6) is -1.78. The Bertz CT molecular complexity index is 1240. The van der Waals surface area contributed by atoms with Crippen molar-refractivity contribution in [2.45, 2.75) is 19.6 Å². The molecule has 0 aliphatic carbocycles. The van der Waals surface area contributed by atoms with Gasteiger partial charge in [-0.25, -0.2) is 4.79 Å². The van der Waals surface area contributed by atoms with Gasteiger partial charge in [-0.1, -0.05) is 36.4 Å². The lowest BCUT2D eigenvalue weighted by Crippen LogP contribution is -2.29. The molecule has 0 saturated carbocycles. The number of rotatable bonds is 6. The maximum absolute atomic E-state index is 12.7. The molecule has 4 aromatic rings. The van der Waals surface area contributed by atoms with Crippen molar-refractivity contribution in [3.05, 3.63) is 76.9 Å². The van der Waals surface area contributed by atoms with Gasteiger partial charge in [0.15, 0.2) is 6.10 Å². The third-order valence-electron chi connectivity index (χ3n) is 4.44. The van der Waals surface area contributed by atoms with Gasteiger partial charge in [0.25, 0.3) is 0 Å². The van der Waals surface area contributed by atoms with E-state index in [0.29, 0.717) is 11.1 Å². The van der Waals surface area contributed by atoms with Gasteiger partial charge in [-0.2, -0.15) is 4.68 Å². The van der Waals surface area contributed by atoms with Crippen LogP contribution in [0.3, 0.4) is 0 Å². The van der Waals surface area contributed by atoms with Gasteiger partial charge in [0.05, 0.1) is 0 Å². The third-order valence-corrected chi connectivity index (χ3v) is 4.44. The molecule has 0 unspecified atom stereocenters. The third kappa shape index (κ3) is 3.73. The molecule has 2 aromatic carbocycles.